The van der Waals surface area contributed by atoms with Gasteiger partial charge in [-0.15, -0.1) is 0 Å². The Morgan fingerprint density at radius 1 is 1.42 bits per heavy atom. The van der Waals surface area contributed by atoms with Crippen molar-refractivity contribution in [3.63, 3.8) is 0 Å². The third kappa shape index (κ3) is 1.80. The van der Waals surface area contributed by atoms with E-state index in [4.69, 9.17) is 9.47 Å². The van der Waals surface area contributed by atoms with Crippen LogP contribution in [0.15, 0.2) is 12.7 Å². The predicted octanol–water partition coefficient (Wildman–Crippen LogP) is 0.0411. The predicted molar refractivity (Wildman–Crippen MR) is 40.3 cm³/mol. The highest BCUT2D eigenvalue weighted by Gasteiger charge is 2.15. The van der Waals surface area contributed by atoms with Crippen LogP contribution in [-0.2, 0) is 16.0 Å². The lowest BCUT2D eigenvalue weighted by atomic mass is 10.4. The van der Waals surface area contributed by atoms with Crippen LogP contribution in [0.5, 0.6) is 0 Å². The number of aromatic nitrogens is 3. The number of hydrogen-bond acceptors (Lipinski definition) is 4. The van der Waals surface area contributed by atoms with Gasteiger partial charge in [0.1, 0.15) is 12.7 Å². The maximum Gasteiger partial charge on any atom is 0.159 e. The van der Waals surface area contributed by atoms with Crippen molar-refractivity contribution in [2.45, 2.75) is 19.3 Å². The zero-order valence-corrected chi connectivity index (χ0v) is 6.72. The summed E-state index contributed by atoms with van der Waals surface area (Å²) in [7, 11) is 0. The Labute approximate surface area is 70.3 Å². The molecule has 2 rings (SSSR count). The van der Waals surface area contributed by atoms with Crippen molar-refractivity contribution < 1.29 is 9.47 Å². The smallest absolute Gasteiger partial charge is 0.159 e. The van der Waals surface area contributed by atoms with Crippen molar-refractivity contribution in [1.82, 2.24) is 14.8 Å². The van der Waals surface area contributed by atoms with E-state index in [2.05, 4.69) is 10.1 Å². The van der Waals surface area contributed by atoms with Gasteiger partial charge in [0.05, 0.1) is 13.2 Å². The third-order valence-corrected chi connectivity index (χ3v) is 1.75. The van der Waals surface area contributed by atoms with Crippen LogP contribution in [0.25, 0.3) is 0 Å². The monoisotopic (exact) mass is 169 g/mol. The molecule has 1 aliphatic rings. The van der Waals surface area contributed by atoms with Crippen LogP contribution in [0.3, 0.4) is 0 Å². The maximum atomic E-state index is 5.27. The van der Waals surface area contributed by atoms with Crippen LogP contribution < -0.4 is 0 Å². The fourth-order valence-electron chi connectivity index (χ4n) is 1.16. The number of nitrogens with zero attached hydrogens (tertiary/aromatic N) is 3. The van der Waals surface area contributed by atoms with Crippen molar-refractivity contribution in [1.29, 1.82) is 0 Å². The SMILES string of the molecule is c1ncn(CCC2OCCO2)n1. The molecule has 12 heavy (non-hydrogen) atoms. The fraction of sp³-hybridized carbons (Fsp3) is 0.714. The Bertz CT molecular complexity index is 219. The van der Waals surface area contributed by atoms with Crippen LogP contribution in [0, 0.1) is 0 Å². The second-order valence-corrected chi connectivity index (χ2v) is 2.62. The van der Waals surface area contributed by atoms with E-state index < -0.39 is 0 Å². The number of hydrogen-bond donors (Lipinski definition) is 0. The largest absolute Gasteiger partial charge is 0.350 e. The quantitative estimate of drug-likeness (QED) is 0.641. The molecule has 0 amide bonds. The fourth-order valence-corrected chi connectivity index (χ4v) is 1.16. The molecule has 0 atom stereocenters. The Hall–Kier alpha value is -0.940. The zero-order chi connectivity index (χ0) is 8.23. The van der Waals surface area contributed by atoms with Crippen molar-refractivity contribution in [2.24, 2.45) is 0 Å². The van der Waals surface area contributed by atoms with Gasteiger partial charge in [-0.2, -0.15) is 5.10 Å². The molecule has 0 saturated carbocycles. The van der Waals surface area contributed by atoms with E-state index in [0.29, 0.717) is 13.2 Å². The molecule has 5 heteroatoms. The molecule has 1 fully saturated rings. The van der Waals surface area contributed by atoms with Crippen LogP contribution in [-0.4, -0.2) is 34.3 Å². The minimum absolute atomic E-state index is 0.0470. The van der Waals surface area contributed by atoms with Crippen LogP contribution >= 0.6 is 0 Å². The van der Waals surface area contributed by atoms with Crippen molar-refractivity contribution in [2.75, 3.05) is 13.2 Å². The Morgan fingerprint density at radius 3 is 2.92 bits per heavy atom. The van der Waals surface area contributed by atoms with E-state index in [1.54, 1.807) is 11.0 Å². The molecule has 0 aliphatic carbocycles. The Balaban J connectivity index is 1.74. The molecule has 0 N–H and O–H groups in total. The van der Waals surface area contributed by atoms with Gasteiger partial charge in [0.2, 0.25) is 0 Å². The topological polar surface area (TPSA) is 49.2 Å². The minimum atomic E-state index is -0.0470. The first-order chi connectivity index (χ1) is 5.95. The first-order valence-electron chi connectivity index (χ1n) is 4.01. The molecule has 1 aromatic heterocycles. The average Bonchev–Trinajstić information content (AvgIpc) is 2.74. The molecule has 2 heterocycles. The molecule has 0 radical (unpaired) electrons. The molecular weight excluding hydrogens is 158 g/mol. The van der Waals surface area contributed by atoms with Gasteiger partial charge in [-0.1, -0.05) is 0 Å². The van der Waals surface area contributed by atoms with E-state index in [0.717, 1.165) is 13.0 Å². The van der Waals surface area contributed by atoms with E-state index in [1.165, 1.54) is 6.33 Å². The lowest BCUT2D eigenvalue weighted by Crippen LogP contribution is -2.12. The standard InChI is InChI=1S/C7H11N3O2/c1(7-11-3-4-12-7)2-10-6-8-5-9-10/h5-7H,1-4H2. The Morgan fingerprint density at radius 2 is 2.25 bits per heavy atom. The van der Waals surface area contributed by atoms with Crippen molar-refractivity contribution in [3.05, 3.63) is 12.7 Å². The number of rotatable bonds is 3. The van der Waals surface area contributed by atoms with Gasteiger partial charge in [-0.25, -0.2) is 4.98 Å². The normalized spacial score (nSPS) is 18.7. The first kappa shape index (κ1) is 7.70. The summed E-state index contributed by atoms with van der Waals surface area (Å²) in [6, 6.07) is 0. The van der Waals surface area contributed by atoms with Gasteiger partial charge in [0, 0.05) is 13.0 Å². The molecule has 0 unspecified atom stereocenters. The van der Waals surface area contributed by atoms with Gasteiger partial charge in [-0.05, 0) is 0 Å². The molecule has 0 aromatic carbocycles. The van der Waals surface area contributed by atoms with Gasteiger partial charge in [0.25, 0.3) is 0 Å². The molecule has 66 valence electrons. The van der Waals surface area contributed by atoms with E-state index in [1.807, 2.05) is 0 Å². The average molecular weight is 169 g/mol. The number of aryl methyl sites for hydroxylation is 1. The minimum Gasteiger partial charge on any atom is -0.350 e. The first-order valence-corrected chi connectivity index (χ1v) is 4.01. The van der Waals surface area contributed by atoms with Crippen LogP contribution in [0.1, 0.15) is 6.42 Å². The van der Waals surface area contributed by atoms with E-state index in [9.17, 15) is 0 Å². The molecule has 0 spiro atoms. The zero-order valence-electron chi connectivity index (χ0n) is 6.72. The summed E-state index contributed by atoms with van der Waals surface area (Å²) in [5.74, 6) is 0. The summed E-state index contributed by atoms with van der Waals surface area (Å²) in [4.78, 5) is 3.84. The molecule has 0 bridgehead atoms. The second kappa shape index (κ2) is 3.64. The molecule has 1 aromatic rings. The van der Waals surface area contributed by atoms with Gasteiger partial charge < -0.3 is 9.47 Å². The highest BCUT2D eigenvalue weighted by molar-refractivity contribution is 4.58. The van der Waals surface area contributed by atoms with Crippen molar-refractivity contribution in [3.8, 4) is 0 Å². The maximum absolute atomic E-state index is 5.27. The van der Waals surface area contributed by atoms with Gasteiger partial charge >= 0.3 is 0 Å². The third-order valence-electron chi connectivity index (χ3n) is 1.75. The van der Waals surface area contributed by atoms with Crippen molar-refractivity contribution >= 4 is 0 Å². The summed E-state index contributed by atoms with van der Waals surface area (Å²) in [6.07, 6.45) is 4.00. The second-order valence-electron chi connectivity index (χ2n) is 2.62. The summed E-state index contributed by atoms with van der Waals surface area (Å²) < 4.78 is 12.3. The lowest BCUT2D eigenvalue weighted by Gasteiger charge is -2.07. The summed E-state index contributed by atoms with van der Waals surface area (Å²) >= 11 is 0. The molecule has 1 saturated heterocycles. The highest BCUT2D eigenvalue weighted by atomic mass is 16.7. The van der Waals surface area contributed by atoms with E-state index >= 15 is 0 Å². The van der Waals surface area contributed by atoms with Gasteiger partial charge in [0.15, 0.2) is 6.29 Å². The summed E-state index contributed by atoms with van der Waals surface area (Å²) in [5.41, 5.74) is 0. The summed E-state index contributed by atoms with van der Waals surface area (Å²) in [5, 5.41) is 3.97. The molecular formula is C7H11N3O2. The summed E-state index contributed by atoms with van der Waals surface area (Å²) in [6.45, 7) is 2.22. The lowest BCUT2D eigenvalue weighted by molar-refractivity contribution is -0.0495. The number of ether oxygens (including phenoxy) is 2. The Kier molecular flexibility index (Phi) is 2.33. The van der Waals surface area contributed by atoms with Crippen LogP contribution in [0.2, 0.25) is 0 Å². The molecule has 1 aliphatic heterocycles. The molecule has 5 nitrogen and oxygen atoms in total. The van der Waals surface area contributed by atoms with Crippen LogP contribution in [0.4, 0.5) is 0 Å². The van der Waals surface area contributed by atoms with E-state index in [-0.39, 0.29) is 6.29 Å². The highest BCUT2D eigenvalue weighted by Crippen LogP contribution is 2.08. The van der Waals surface area contributed by atoms with Gasteiger partial charge in [-0.3, -0.25) is 4.68 Å².